The van der Waals surface area contributed by atoms with Crippen molar-refractivity contribution in [1.29, 1.82) is 0 Å². The molecule has 1 unspecified atom stereocenters. The van der Waals surface area contributed by atoms with Gasteiger partial charge in [-0.2, -0.15) is 0 Å². The summed E-state index contributed by atoms with van der Waals surface area (Å²) in [6.45, 7) is 0.440. The summed E-state index contributed by atoms with van der Waals surface area (Å²) in [5.74, 6) is 0.286. The van der Waals surface area contributed by atoms with E-state index in [1.807, 2.05) is 0 Å². The van der Waals surface area contributed by atoms with Gasteiger partial charge in [0.15, 0.2) is 5.78 Å². The predicted octanol–water partition coefficient (Wildman–Crippen LogP) is 1.90. The van der Waals surface area contributed by atoms with Gasteiger partial charge < -0.3 is 15.2 Å². The van der Waals surface area contributed by atoms with Crippen molar-refractivity contribution in [2.75, 3.05) is 20.8 Å². The molecule has 5 heteroatoms. The van der Waals surface area contributed by atoms with Gasteiger partial charge in [-0.05, 0) is 24.6 Å². The minimum Gasteiger partial charge on any atom is -0.496 e. The zero-order chi connectivity index (χ0) is 12.8. The number of rotatable bonds is 6. The number of hydrogen-bond acceptors (Lipinski definition) is 4. The Kier molecular flexibility index (Phi) is 5.41. The van der Waals surface area contributed by atoms with Crippen molar-refractivity contribution < 1.29 is 14.3 Å². The van der Waals surface area contributed by atoms with E-state index in [1.165, 1.54) is 7.11 Å². The molecule has 0 heterocycles. The SMILES string of the molecule is COCCC(N)C(=O)c1cc(Cl)ccc1OC. The van der Waals surface area contributed by atoms with Gasteiger partial charge in [0, 0.05) is 18.7 Å². The lowest BCUT2D eigenvalue weighted by atomic mass is 10.0. The lowest BCUT2D eigenvalue weighted by molar-refractivity contribution is 0.0932. The Morgan fingerprint density at radius 2 is 2.18 bits per heavy atom. The fraction of sp³-hybridized carbons (Fsp3) is 0.417. The van der Waals surface area contributed by atoms with Gasteiger partial charge in [0.1, 0.15) is 5.75 Å². The molecule has 0 aromatic heterocycles. The minimum absolute atomic E-state index is 0.193. The summed E-state index contributed by atoms with van der Waals surface area (Å²) in [6.07, 6.45) is 0.463. The van der Waals surface area contributed by atoms with Crippen molar-refractivity contribution in [3.63, 3.8) is 0 Å². The van der Waals surface area contributed by atoms with Crippen molar-refractivity contribution in [1.82, 2.24) is 0 Å². The third-order valence-corrected chi connectivity index (χ3v) is 2.63. The zero-order valence-electron chi connectivity index (χ0n) is 9.90. The average Bonchev–Trinajstić information content (AvgIpc) is 2.34. The molecule has 0 aliphatic rings. The van der Waals surface area contributed by atoms with E-state index in [9.17, 15) is 4.79 Å². The van der Waals surface area contributed by atoms with Gasteiger partial charge in [0.25, 0.3) is 0 Å². The third-order valence-electron chi connectivity index (χ3n) is 2.40. The molecule has 0 spiro atoms. The quantitative estimate of drug-likeness (QED) is 0.791. The van der Waals surface area contributed by atoms with Crippen LogP contribution in [0, 0.1) is 0 Å². The van der Waals surface area contributed by atoms with Crippen molar-refractivity contribution in [2.45, 2.75) is 12.5 Å². The van der Waals surface area contributed by atoms with Crippen LogP contribution < -0.4 is 10.5 Å². The van der Waals surface area contributed by atoms with E-state index in [1.54, 1.807) is 25.3 Å². The molecule has 1 aromatic rings. The summed E-state index contributed by atoms with van der Waals surface area (Å²) in [5.41, 5.74) is 6.19. The molecule has 0 saturated carbocycles. The first-order valence-corrected chi connectivity index (χ1v) is 5.60. The molecule has 0 saturated heterocycles. The van der Waals surface area contributed by atoms with E-state index in [4.69, 9.17) is 26.8 Å². The van der Waals surface area contributed by atoms with Crippen molar-refractivity contribution in [3.8, 4) is 5.75 Å². The molecule has 1 atom stereocenters. The maximum atomic E-state index is 12.1. The summed E-state index contributed by atoms with van der Waals surface area (Å²) in [7, 11) is 3.07. The van der Waals surface area contributed by atoms with E-state index in [2.05, 4.69) is 0 Å². The first-order chi connectivity index (χ1) is 8.10. The van der Waals surface area contributed by atoms with Crippen LogP contribution in [0.2, 0.25) is 5.02 Å². The van der Waals surface area contributed by atoms with Crippen LogP contribution in [0.4, 0.5) is 0 Å². The van der Waals surface area contributed by atoms with Crippen molar-refractivity contribution in [3.05, 3.63) is 28.8 Å². The van der Waals surface area contributed by atoms with Crippen molar-refractivity contribution in [2.24, 2.45) is 5.73 Å². The number of methoxy groups -OCH3 is 2. The number of ether oxygens (including phenoxy) is 2. The normalized spacial score (nSPS) is 12.2. The second-order valence-electron chi connectivity index (χ2n) is 3.60. The molecule has 0 fully saturated rings. The Balaban J connectivity index is 2.90. The second-order valence-corrected chi connectivity index (χ2v) is 4.03. The van der Waals surface area contributed by atoms with Crippen molar-refractivity contribution >= 4 is 17.4 Å². The Morgan fingerprint density at radius 3 is 2.76 bits per heavy atom. The minimum atomic E-state index is -0.609. The molecule has 0 aliphatic heterocycles. The number of Topliss-reactive ketones (excluding diaryl/α,β-unsaturated/α-hetero) is 1. The fourth-order valence-corrected chi connectivity index (χ4v) is 1.62. The zero-order valence-corrected chi connectivity index (χ0v) is 10.7. The topological polar surface area (TPSA) is 61.5 Å². The highest BCUT2D eigenvalue weighted by Gasteiger charge is 2.19. The first-order valence-electron chi connectivity index (χ1n) is 5.22. The molecule has 0 radical (unpaired) electrons. The maximum Gasteiger partial charge on any atom is 0.183 e. The molecular formula is C12H16ClNO3. The largest absolute Gasteiger partial charge is 0.496 e. The molecule has 1 aromatic carbocycles. The lowest BCUT2D eigenvalue weighted by Gasteiger charge is -2.13. The molecule has 0 amide bonds. The predicted molar refractivity (Wildman–Crippen MR) is 66.8 cm³/mol. The maximum absolute atomic E-state index is 12.1. The number of halogens is 1. The highest BCUT2D eigenvalue weighted by Crippen LogP contribution is 2.24. The number of ketones is 1. The Bertz CT molecular complexity index is 395. The molecule has 17 heavy (non-hydrogen) atoms. The average molecular weight is 258 g/mol. The van der Waals surface area contributed by atoms with Crippen LogP contribution in [0.5, 0.6) is 5.75 Å². The van der Waals surface area contributed by atoms with Gasteiger partial charge in [-0.15, -0.1) is 0 Å². The van der Waals surface area contributed by atoms with Gasteiger partial charge in [-0.25, -0.2) is 0 Å². The summed E-state index contributed by atoms with van der Waals surface area (Å²) in [4.78, 5) is 12.1. The molecule has 94 valence electrons. The number of benzene rings is 1. The Hall–Kier alpha value is -1.10. The van der Waals surface area contributed by atoms with E-state index in [0.717, 1.165) is 0 Å². The molecule has 1 rings (SSSR count). The monoisotopic (exact) mass is 257 g/mol. The van der Waals surface area contributed by atoms with Crippen LogP contribution in [-0.4, -0.2) is 32.7 Å². The highest BCUT2D eigenvalue weighted by atomic mass is 35.5. The van der Waals surface area contributed by atoms with Crippen LogP contribution in [-0.2, 0) is 4.74 Å². The smallest absolute Gasteiger partial charge is 0.183 e. The van der Waals surface area contributed by atoms with Gasteiger partial charge in [0.2, 0.25) is 0 Å². The summed E-state index contributed by atoms with van der Waals surface area (Å²) >= 11 is 5.85. The molecule has 2 N–H and O–H groups in total. The Labute approximate surface area is 106 Å². The van der Waals surface area contributed by atoms with Gasteiger partial charge in [-0.1, -0.05) is 11.6 Å². The molecule has 4 nitrogen and oxygen atoms in total. The van der Waals surface area contributed by atoms with E-state index < -0.39 is 6.04 Å². The number of hydrogen-bond donors (Lipinski definition) is 1. The molecule has 0 bridgehead atoms. The van der Waals surface area contributed by atoms with Crippen LogP contribution in [0.3, 0.4) is 0 Å². The lowest BCUT2D eigenvalue weighted by Crippen LogP contribution is -2.32. The van der Waals surface area contributed by atoms with Gasteiger partial charge >= 0.3 is 0 Å². The highest BCUT2D eigenvalue weighted by molar-refractivity contribution is 6.31. The fourth-order valence-electron chi connectivity index (χ4n) is 1.45. The second kappa shape index (κ2) is 6.59. The molecule has 0 aliphatic carbocycles. The van der Waals surface area contributed by atoms with Crippen LogP contribution >= 0.6 is 11.6 Å². The Morgan fingerprint density at radius 1 is 1.47 bits per heavy atom. The third kappa shape index (κ3) is 3.70. The van der Waals surface area contributed by atoms with Gasteiger partial charge in [-0.3, -0.25) is 4.79 Å². The van der Waals surface area contributed by atoms with Crippen LogP contribution in [0.25, 0.3) is 0 Å². The summed E-state index contributed by atoms with van der Waals surface area (Å²) in [6, 6.07) is 4.27. The standard InChI is InChI=1S/C12H16ClNO3/c1-16-6-5-10(14)12(15)9-7-8(13)3-4-11(9)17-2/h3-4,7,10H,5-6,14H2,1-2H3. The van der Waals surface area contributed by atoms with E-state index >= 15 is 0 Å². The number of nitrogens with two attached hydrogens (primary N) is 1. The van der Waals surface area contributed by atoms with Gasteiger partial charge in [0.05, 0.1) is 18.7 Å². The first kappa shape index (κ1) is 14.0. The van der Waals surface area contributed by atoms with E-state index in [-0.39, 0.29) is 5.78 Å². The number of carbonyl (C=O) groups excluding carboxylic acids is 1. The molecular weight excluding hydrogens is 242 g/mol. The van der Waals surface area contributed by atoms with Crippen LogP contribution in [0.15, 0.2) is 18.2 Å². The number of carbonyl (C=O) groups is 1. The summed E-state index contributed by atoms with van der Waals surface area (Å²) < 4.78 is 10.00. The van der Waals surface area contributed by atoms with E-state index in [0.29, 0.717) is 29.4 Å². The summed E-state index contributed by atoms with van der Waals surface area (Å²) in [5, 5.41) is 0.480. The van der Waals surface area contributed by atoms with Crippen LogP contribution in [0.1, 0.15) is 16.8 Å².